The Kier molecular flexibility index (Phi) is 6.54. The van der Waals surface area contributed by atoms with Crippen molar-refractivity contribution in [2.24, 2.45) is 0 Å². The molecule has 0 saturated heterocycles. The van der Waals surface area contributed by atoms with Crippen molar-refractivity contribution in [1.29, 1.82) is 0 Å². The number of carbonyl (C=O) groups excluding carboxylic acids is 1. The summed E-state index contributed by atoms with van der Waals surface area (Å²) in [5, 5.41) is 3.03. The first-order chi connectivity index (χ1) is 14.5. The number of nitrogens with one attached hydrogen (secondary N) is 3. The molecule has 0 radical (unpaired) electrons. The van der Waals surface area contributed by atoms with Crippen LogP contribution in [0.25, 0.3) is 0 Å². The number of sulfonamides is 2. The Balaban J connectivity index is 1.72. The van der Waals surface area contributed by atoms with Crippen LogP contribution >= 0.6 is 11.6 Å². The molecule has 1 amide bonds. The molecule has 3 aromatic rings. The topological polar surface area (TPSA) is 121 Å². The first-order valence-electron chi connectivity index (χ1n) is 8.79. The largest absolute Gasteiger partial charge is 0.322 e. The number of carbonyl (C=O) groups is 1. The van der Waals surface area contributed by atoms with E-state index in [-0.39, 0.29) is 16.1 Å². The predicted molar refractivity (Wildman–Crippen MR) is 122 cm³/mol. The Hall–Kier alpha value is -3.08. The zero-order valence-corrected chi connectivity index (χ0v) is 18.6. The van der Waals surface area contributed by atoms with Gasteiger partial charge in [0.05, 0.1) is 16.8 Å². The fraction of sp³-hybridized carbons (Fsp3) is 0.0500. The number of hydrogen-bond donors (Lipinski definition) is 3. The summed E-state index contributed by atoms with van der Waals surface area (Å²) < 4.78 is 52.5. The summed E-state index contributed by atoms with van der Waals surface area (Å²) >= 11 is 5.87. The summed E-state index contributed by atoms with van der Waals surface area (Å²) in [5.74, 6) is -0.482. The molecule has 0 fully saturated rings. The van der Waals surface area contributed by atoms with Gasteiger partial charge in [-0.1, -0.05) is 23.7 Å². The molecule has 0 unspecified atom stereocenters. The van der Waals surface area contributed by atoms with Gasteiger partial charge in [0.2, 0.25) is 10.0 Å². The zero-order valence-electron chi connectivity index (χ0n) is 16.2. The summed E-state index contributed by atoms with van der Waals surface area (Å²) in [6.07, 6.45) is 1.01. The maximum Gasteiger partial charge on any atom is 0.261 e. The first-order valence-corrected chi connectivity index (χ1v) is 12.5. The molecule has 3 aromatic carbocycles. The average molecular weight is 480 g/mol. The molecule has 0 aromatic heterocycles. The van der Waals surface area contributed by atoms with Crippen LogP contribution in [0.4, 0.5) is 17.1 Å². The minimum atomic E-state index is -3.84. The van der Waals surface area contributed by atoms with E-state index in [0.717, 1.165) is 6.26 Å². The molecule has 0 saturated carbocycles. The van der Waals surface area contributed by atoms with Gasteiger partial charge in [0, 0.05) is 22.0 Å². The fourth-order valence-corrected chi connectivity index (χ4v) is 4.42. The van der Waals surface area contributed by atoms with E-state index in [1.54, 1.807) is 24.3 Å². The molecule has 0 aliphatic rings. The lowest BCUT2D eigenvalue weighted by molar-refractivity contribution is 0.102. The number of amides is 1. The van der Waals surface area contributed by atoms with Gasteiger partial charge in [0.15, 0.2) is 0 Å². The van der Waals surface area contributed by atoms with Gasteiger partial charge in [-0.2, -0.15) is 0 Å². The SMILES string of the molecule is CS(=O)(=O)Nc1cccc(C(=O)Nc2ccc(S(=O)(=O)Nc3cccc(Cl)c3)cc2)c1. The highest BCUT2D eigenvalue weighted by Crippen LogP contribution is 2.21. The molecule has 3 N–H and O–H groups in total. The van der Waals surface area contributed by atoms with Gasteiger partial charge in [-0.25, -0.2) is 16.8 Å². The second-order valence-corrected chi connectivity index (χ2v) is 10.4. The zero-order chi connectivity index (χ0) is 22.6. The van der Waals surface area contributed by atoms with Crippen LogP contribution in [0.3, 0.4) is 0 Å². The number of hydrogen-bond acceptors (Lipinski definition) is 5. The Morgan fingerprint density at radius 1 is 0.774 bits per heavy atom. The third kappa shape index (κ3) is 6.45. The number of anilines is 3. The second kappa shape index (κ2) is 8.96. The van der Waals surface area contributed by atoms with Crippen LogP contribution in [0.15, 0.2) is 77.7 Å². The monoisotopic (exact) mass is 479 g/mol. The van der Waals surface area contributed by atoms with Crippen molar-refractivity contribution in [2.75, 3.05) is 21.0 Å². The van der Waals surface area contributed by atoms with Crippen molar-refractivity contribution in [3.63, 3.8) is 0 Å². The van der Waals surface area contributed by atoms with Crippen molar-refractivity contribution < 1.29 is 21.6 Å². The van der Waals surface area contributed by atoms with Gasteiger partial charge in [0.25, 0.3) is 15.9 Å². The van der Waals surface area contributed by atoms with Gasteiger partial charge in [-0.05, 0) is 60.7 Å². The van der Waals surface area contributed by atoms with E-state index in [0.29, 0.717) is 16.4 Å². The minimum absolute atomic E-state index is 0.00447. The van der Waals surface area contributed by atoms with Crippen LogP contribution in [0, 0.1) is 0 Å². The predicted octanol–water partition coefficient (Wildman–Crippen LogP) is 3.76. The molecule has 0 atom stereocenters. The van der Waals surface area contributed by atoms with Crippen molar-refractivity contribution in [3.8, 4) is 0 Å². The molecule has 3 rings (SSSR count). The van der Waals surface area contributed by atoms with E-state index in [2.05, 4.69) is 14.8 Å². The molecule has 0 aliphatic carbocycles. The van der Waals surface area contributed by atoms with E-state index in [9.17, 15) is 21.6 Å². The third-order valence-electron chi connectivity index (χ3n) is 3.93. The Morgan fingerprint density at radius 2 is 1.39 bits per heavy atom. The summed E-state index contributed by atoms with van der Waals surface area (Å²) in [7, 11) is -7.31. The quantitative estimate of drug-likeness (QED) is 0.476. The highest BCUT2D eigenvalue weighted by molar-refractivity contribution is 7.92. The first kappa shape index (κ1) is 22.6. The molecule has 31 heavy (non-hydrogen) atoms. The molecule has 8 nitrogen and oxygen atoms in total. The maximum absolute atomic E-state index is 12.5. The van der Waals surface area contributed by atoms with Crippen molar-refractivity contribution in [1.82, 2.24) is 0 Å². The van der Waals surface area contributed by atoms with Gasteiger partial charge in [-0.3, -0.25) is 14.2 Å². The van der Waals surface area contributed by atoms with Crippen LogP contribution in [0.2, 0.25) is 5.02 Å². The lowest BCUT2D eigenvalue weighted by Gasteiger charge is -2.10. The van der Waals surface area contributed by atoms with Gasteiger partial charge >= 0.3 is 0 Å². The number of benzene rings is 3. The molecule has 11 heteroatoms. The Labute approximate surface area is 185 Å². The smallest absolute Gasteiger partial charge is 0.261 e. The van der Waals surface area contributed by atoms with Gasteiger partial charge < -0.3 is 5.32 Å². The van der Waals surface area contributed by atoms with Crippen LogP contribution < -0.4 is 14.8 Å². The van der Waals surface area contributed by atoms with Crippen LogP contribution in [0.5, 0.6) is 0 Å². The van der Waals surface area contributed by atoms with Gasteiger partial charge in [-0.15, -0.1) is 0 Å². The van der Waals surface area contributed by atoms with Crippen molar-refractivity contribution >= 4 is 54.6 Å². The van der Waals surface area contributed by atoms with Crippen LogP contribution in [-0.4, -0.2) is 29.0 Å². The average Bonchev–Trinajstić information content (AvgIpc) is 2.67. The standard InChI is InChI=1S/C20H18ClN3O5S2/c1-30(26,27)23-17-6-2-4-14(12-17)20(25)22-16-8-10-19(11-9-16)31(28,29)24-18-7-3-5-15(21)13-18/h2-13,23-24H,1H3,(H,22,25). The van der Waals surface area contributed by atoms with E-state index in [1.165, 1.54) is 48.5 Å². The van der Waals surface area contributed by atoms with Crippen LogP contribution in [0.1, 0.15) is 10.4 Å². The highest BCUT2D eigenvalue weighted by atomic mass is 35.5. The molecular weight excluding hydrogens is 462 g/mol. The summed E-state index contributed by atoms with van der Waals surface area (Å²) in [6.45, 7) is 0. The molecule has 0 spiro atoms. The molecule has 0 heterocycles. The van der Waals surface area contributed by atoms with Crippen LogP contribution in [-0.2, 0) is 20.0 Å². The lowest BCUT2D eigenvalue weighted by atomic mass is 10.2. The molecular formula is C20H18ClN3O5S2. The van der Waals surface area contributed by atoms with E-state index < -0.39 is 26.0 Å². The number of rotatable bonds is 7. The Bertz CT molecular complexity index is 1320. The fourth-order valence-electron chi connectivity index (χ4n) is 2.62. The maximum atomic E-state index is 12.5. The van der Waals surface area contributed by atoms with Crippen molar-refractivity contribution in [2.45, 2.75) is 4.90 Å². The van der Waals surface area contributed by atoms with Gasteiger partial charge in [0.1, 0.15) is 0 Å². The van der Waals surface area contributed by atoms with Crippen molar-refractivity contribution in [3.05, 3.63) is 83.4 Å². The molecule has 0 bridgehead atoms. The minimum Gasteiger partial charge on any atom is -0.322 e. The Morgan fingerprint density at radius 3 is 2.00 bits per heavy atom. The second-order valence-electron chi connectivity index (χ2n) is 6.55. The summed E-state index contributed by atoms with van der Waals surface area (Å²) in [4.78, 5) is 12.5. The summed E-state index contributed by atoms with van der Waals surface area (Å²) in [6, 6.07) is 17.9. The molecule has 162 valence electrons. The highest BCUT2D eigenvalue weighted by Gasteiger charge is 2.15. The number of halogens is 1. The van der Waals surface area contributed by atoms with E-state index in [4.69, 9.17) is 11.6 Å². The van der Waals surface area contributed by atoms with E-state index in [1.807, 2.05) is 0 Å². The lowest BCUT2D eigenvalue weighted by Crippen LogP contribution is -2.15. The van der Waals surface area contributed by atoms with E-state index >= 15 is 0 Å². The normalized spacial score (nSPS) is 11.5. The summed E-state index contributed by atoms with van der Waals surface area (Å²) in [5.41, 5.74) is 1.18. The third-order valence-corrected chi connectivity index (χ3v) is 6.17. The molecule has 0 aliphatic heterocycles.